The molecule has 0 unspecified atom stereocenters. The summed E-state index contributed by atoms with van der Waals surface area (Å²) in [5.74, 6) is -0.592. The van der Waals surface area contributed by atoms with Crippen LogP contribution < -0.4 is 4.31 Å². The molecule has 2 aromatic rings. The van der Waals surface area contributed by atoms with Gasteiger partial charge in [0, 0.05) is 4.90 Å². The molecule has 0 atom stereocenters. The number of rotatable bonds is 7. The third kappa shape index (κ3) is 4.30. The molecule has 0 spiro atoms. The smallest absolute Gasteiger partial charge is 0.326 e. The molecule has 0 aromatic heterocycles. The van der Waals surface area contributed by atoms with Gasteiger partial charge in [0.15, 0.2) is 0 Å². The summed E-state index contributed by atoms with van der Waals surface area (Å²) in [4.78, 5) is 13.0. The number of thioether (sulfide) groups is 1. The molecule has 0 saturated carbocycles. The third-order valence-electron chi connectivity index (χ3n) is 3.27. The van der Waals surface area contributed by atoms with Crippen LogP contribution in [0.15, 0.2) is 64.4 Å². The highest BCUT2D eigenvalue weighted by Crippen LogP contribution is 2.25. The molecular formula is C17H19NO4S2. The van der Waals surface area contributed by atoms with Crippen LogP contribution in [0.4, 0.5) is 5.69 Å². The molecule has 5 nitrogen and oxygen atoms in total. The lowest BCUT2D eigenvalue weighted by atomic mass is 10.3. The molecule has 0 radical (unpaired) electrons. The predicted octanol–water partition coefficient (Wildman–Crippen LogP) is 3.17. The molecule has 0 aliphatic carbocycles. The Morgan fingerprint density at radius 3 is 2.25 bits per heavy atom. The van der Waals surface area contributed by atoms with E-state index in [4.69, 9.17) is 4.74 Å². The molecule has 2 aromatic carbocycles. The minimum Gasteiger partial charge on any atom is -0.465 e. The Kier molecular flexibility index (Phi) is 6.28. The average molecular weight is 365 g/mol. The summed E-state index contributed by atoms with van der Waals surface area (Å²) in [7, 11) is -3.87. The molecule has 0 heterocycles. The average Bonchev–Trinajstić information content (AvgIpc) is 2.60. The largest absolute Gasteiger partial charge is 0.465 e. The predicted molar refractivity (Wildman–Crippen MR) is 95.8 cm³/mol. The topological polar surface area (TPSA) is 63.7 Å². The fourth-order valence-corrected chi connectivity index (χ4v) is 3.93. The van der Waals surface area contributed by atoms with E-state index >= 15 is 0 Å². The molecule has 0 amide bonds. The van der Waals surface area contributed by atoms with Crippen LogP contribution in [0, 0.1) is 0 Å². The summed E-state index contributed by atoms with van der Waals surface area (Å²) in [6, 6.07) is 15.1. The molecule has 0 saturated heterocycles. The van der Waals surface area contributed by atoms with Crippen LogP contribution in [-0.4, -0.2) is 33.8 Å². The highest BCUT2D eigenvalue weighted by molar-refractivity contribution is 7.98. The highest BCUT2D eigenvalue weighted by Gasteiger charge is 2.27. The zero-order valence-electron chi connectivity index (χ0n) is 13.5. The van der Waals surface area contributed by atoms with Crippen molar-refractivity contribution in [2.45, 2.75) is 16.7 Å². The summed E-state index contributed by atoms with van der Waals surface area (Å²) in [6.45, 7) is 1.51. The molecule has 24 heavy (non-hydrogen) atoms. The van der Waals surface area contributed by atoms with Gasteiger partial charge in [0.2, 0.25) is 0 Å². The van der Waals surface area contributed by atoms with E-state index in [9.17, 15) is 13.2 Å². The van der Waals surface area contributed by atoms with Crippen molar-refractivity contribution in [3.8, 4) is 0 Å². The van der Waals surface area contributed by atoms with Crippen LogP contribution in [0.25, 0.3) is 0 Å². The van der Waals surface area contributed by atoms with E-state index in [2.05, 4.69) is 0 Å². The van der Waals surface area contributed by atoms with Crippen molar-refractivity contribution in [1.82, 2.24) is 0 Å². The van der Waals surface area contributed by atoms with Crippen LogP contribution in [0.1, 0.15) is 6.92 Å². The number of hydrogen-bond acceptors (Lipinski definition) is 5. The maximum absolute atomic E-state index is 13.0. The number of esters is 1. The lowest BCUT2D eigenvalue weighted by Gasteiger charge is -2.23. The highest BCUT2D eigenvalue weighted by atomic mass is 32.2. The van der Waals surface area contributed by atoms with Crippen molar-refractivity contribution in [3.63, 3.8) is 0 Å². The van der Waals surface area contributed by atoms with Crippen LogP contribution in [0.2, 0.25) is 0 Å². The normalized spacial score (nSPS) is 11.1. The van der Waals surface area contributed by atoms with E-state index in [0.717, 1.165) is 9.20 Å². The van der Waals surface area contributed by atoms with Gasteiger partial charge in [-0.25, -0.2) is 8.42 Å². The number of hydrogen-bond donors (Lipinski definition) is 0. The molecule has 0 bridgehead atoms. The third-order valence-corrected chi connectivity index (χ3v) is 5.80. The Bertz CT molecular complexity index is 774. The lowest BCUT2D eigenvalue weighted by Crippen LogP contribution is -2.36. The molecule has 128 valence electrons. The zero-order chi connectivity index (χ0) is 17.6. The van der Waals surface area contributed by atoms with Gasteiger partial charge in [-0.1, -0.05) is 18.2 Å². The van der Waals surface area contributed by atoms with E-state index in [1.165, 1.54) is 11.8 Å². The number of sulfonamides is 1. The van der Waals surface area contributed by atoms with Gasteiger partial charge in [-0.15, -0.1) is 11.8 Å². The number of carbonyl (C=O) groups is 1. The molecule has 0 aliphatic heterocycles. The maximum atomic E-state index is 13.0. The van der Waals surface area contributed by atoms with Crippen LogP contribution in [0.5, 0.6) is 0 Å². The molecular weight excluding hydrogens is 346 g/mol. The first kappa shape index (κ1) is 18.4. The lowest BCUT2D eigenvalue weighted by molar-refractivity contribution is -0.141. The Morgan fingerprint density at radius 2 is 1.71 bits per heavy atom. The molecule has 0 fully saturated rings. The van der Waals surface area contributed by atoms with Crippen LogP contribution in [-0.2, 0) is 19.6 Å². The molecule has 7 heteroatoms. The number of benzene rings is 2. The van der Waals surface area contributed by atoms with Crippen molar-refractivity contribution in [1.29, 1.82) is 0 Å². The Balaban J connectivity index is 2.42. The van der Waals surface area contributed by atoms with Gasteiger partial charge in [0.1, 0.15) is 6.54 Å². The minimum absolute atomic E-state index is 0.133. The number of anilines is 1. The van der Waals surface area contributed by atoms with Crippen molar-refractivity contribution < 1.29 is 17.9 Å². The summed E-state index contributed by atoms with van der Waals surface area (Å²) in [6.07, 6.45) is 1.92. The van der Waals surface area contributed by atoms with Gasteiger partial charge >= 0.3 is 5.97 Å². The number of nitrogens with zero attached hydrogens (tertiary/aromatic N) is 1. The summed E-state index contributed by atoms with van der Waals surface area (Å²) in [5.41, 5.74) is 0.416. The molecule has 0 N–H and O–H groups in total. The van der Waals surface area contributed by atoms with Gasteiger partial charge in [-0.05, 0) is 49.6 Å². The van der Waals surface area contributed by atoms with Gasteiger partial charge < -0.3 is 4.74 Å². The number of ether oxygens (including phenoxy) is 1. The second kappa shape index (κ2) is 8.21. The Labute approximate surface area is 146 Å². The standard InChI is InChI=1S/C17H19NO4S2/c1-3-22-17(19)13-18(14-7-5-4-6-8-14)24(20,21)16-11-9-15(23-2)10-12-16/h4-12H,3,13H2,1-2H3. The SMILES string of the molecule is CCOC(=O)CN(c1ccccc1)S(=O)(=O)c1ccc(SC)cc1. The first-order chi connectivity index (χ1) is 11.5. The monoisotopic (exact) mass is 365 g/mol. The van der Waals surface area contributed by atoms with Gasteiger partial charge in [-0.2, -0.15) is 0 Å². The minimum atomic E-state index is -3.87. The maximum Gasteiger partial charge on any atom is 0.326 e. The van der Waals surface area contributed by atoms with Crippen molar-refractivity contribution >= 4 is 33.4 Å². The second-order valence-electron chi connectivity index (χ2n) is 4.83. The van der Waals surface area contributed by atoms with Gasteiger partial charge in [0.05, 0.1) is 17.2 Å². The fraction of sp³-hybridized carbons (Fsp3) is 0.235. The fourth-order valence-electron chi connectivity index (χ4n) is 2.11. The zero-order valence-corrected chi connectivity index (χ0v) is 15.1. The van der Waals surface area contributed by atoms with E-state index in [1.54, 1.807) is 61.5 Å². The van der Waals surface area contributed by atoms with E-state index < -0.39 is 16.0 Å². The molecule has 2 rings (SSSR count). The van der Waals surface area contributed by atoms with Crippen LogP contribution >= 0.6 is 11.8 Å². The quantitative estimate of drug-likeness (QED) is 0.557. The van der Waals surface area contributed by atoms with Crippen molar-refractivity contribution in [3.05, 3.63) is 54.6 Å². The summed E-state index contributed by atoms with van der Waals surface area (Å²) < 4.78 is 31.9. The second-order valence-corrected chi connectivity index (χ2v) is 7.57. The van der Waals surface area contributed by atoms with E-state index in [0.29, 0.717) is 5.69 Å². The van der Waals surface area contributed by atoms with Gasteiger partial charge in [-0.3, -0.25) is 9.10 Å². The van der Waals surface area contributed by atoms with Crippen LogP contribution in [0.3, 0.4) is 0 Å². The van der Waals surface area contributed by atoms with E-state index in [-0.39, 0.29) is 18.0 Å². The summed E-state index contributed by atoms with van der Waals surface area (Å²) in [5, 5.41) is 0. The molecule has 0 aliphatic rings. The first-order valence-corrected chi connectivity index (χ1v) is 10.0. The Hall–Kier alpha value is -1.99. The number of carbonyl (C=O) groups excluding carboxylic acids is 1. The number of para-hydroxylation sites is 1. The summed E-state index contributed by atoms with van der Waals surface area (Å²) >= 11 is 1.53. The van der Waals surface area contributed by atoms with E-state index in [1.807, 2.05) is 6.26 Å². The van der Waals surface area contributed by atoms with Gasteiger partial charge in [0.25, 0.3) is 10.0 Å². The Morgan fingerprint density at radius 1 is 1.08 bits per heavy atom. The van der Waals surface area contributed by atoms with Crippen molar-refractivity contribution in [2.75, 3.05) is 23.7 Å². The van der Waals surface area contributed by atoms with Crippen molar-refractivity contribution in [2.24, 2.45) is 0 Å². The first-order valence-electron chi connectivity index (χ1n) is 7.36.